The first kappa shape index (κ1) is 19.5. The normalized spacial score (nSPS) is 11.5. The summed E-state index contributed by atoms with van der Waals surface area (Å²) < 4.78 is 10.5. The van der Waals surface area contributed by atoms with Gasteiger partial charge in [-0.1, -0.05) is 32.0 Å². The Labute approximate surface area is 154 Å². The molecule has 1 atom stereocenters. The molecule has 2 aromatic rings. The SMILES string of the molecule is CCc1ccccc1NC(=O)c1ccc(OCC(=O)O[C@@H](C)CC)cc1. The van der Waals surface area contributed by atoms with Crippen molar-refractivity contribution in [2.24, 2.45) is 0 Å². The number of carbonyl (C=O) groups is 2. The molecule has 0 heterocycles. The van der Waals surface area contributed by atoms with Crippen molar-refractivity contribution in [2.45, 2.75) is 39.7 Å². The first-order valence-electron chi connectivity index (χ1n) is 8.85. The van der Waals surface area contributed by atoms with Crippen LogP contribution in [0.5, 0.6) is 5.75 Å². The van der Waals surface area contributed by atoms with Gasteiger partial charge in [-0.3, -0.25) is 4.79 Å². The number of carbonyl (C=O) groups excluding carboxylic acids is 2. The second-order valence-corrected chi connectivity index (χ2v) is 5.99. The minimum absolute atomic E-state index is 0.122. The van der Waals surface area contributed by atoms with Crippen LogP contribution in [0.25, 0.3) is 0 Å². The van der Waals surface area contributed by atoms with E-state index in [0.717, 1.165) is 24.1 Å². The maximum absolute atomic E-state index is 12.4. The predicted octanol–water partition coefficient (Wildman–Crippen LogP) is 4.22. The van der Waals surface area contributed by atoms with Crippen LogP contribution >= 0.6 is 0 Å². The molecule has 5 nitrogen and oxygen atoms in total. The van der Waals surface area contributed by atoms with Gasteiger partial charge in [0.05, 0.1) is 6.10 Å². The summed E-state index contributed by atoms with van der Waals surface area (Å²) >= 11 is 0. The molecular weight excluding hydrogens is 330 g/mol. The lowest BCUT2D eigenvalue weighted by Gasteiger charge is -2.12. The number of ether oxygens (including phenoxy) is 2. The number of nitrogens with one attached hydrogen (secondary N) is 1. The van der Waals surface area contributed by atoms with E-state index in [1.54, 1.807) is 24.3 Å². The van der Waals surface area contributed by atoms with Crippen molar-refractivity contribution in [2.75, 3.05) is 11.9 Å². The van der Waals surface area contributed by atoms with Gasteiger partial charge in [-0.15, -0.1) is 0 Å². The van der Waals surface area contributed by atoms with E-state index < -0.39 is 5.97 Å². The molecule has 1 N–H and O–H groups in total. The van der Waals surface area contributed by atoms with Crippen LogP contribution in [-0.4, -0.2) is 24.6 Å². The fourth-order valence-corrected chi connectivity index (χ4v) is 2.33. The van der Waals surface area contributed by atoms with Crippen LogP contribution in [0.1, 0.15) is 43.1 Å². The summed E-state index contributed by atoms with van der Waals surface area (Å²) in [6.07, 6.45) is 1.48. The Kier molecular flexibility index (Phi) is 7.21. The van der Waals surface area contributed by atoms with E-state index in [4.69, 9.17) is 9.47 Å². The maximum Gasteiger partial charge on any atom is 0.344 e. The number of amides is 1. The average molecular weight is 355 g/mol. The summed E-state index contributed by atoms with van der Waals surface area (Å²) in [4.78, 5) is 24.0. The number of para-hydroxylation sites is 1. The molecule has 2 rings (SSSR count). The predicted molar refractivity (Wildman–Crippen MR) is 102 cm³/mol. The minimum atomic E-state index is -0.405. The van der Waals surface area contributed by atoms with E-state index in [-0.39, 0.29) is 18.6 Å². The molecule has 138 valence electrons. The zero-order chi connectivity index (χ0) is 18.9. The van der Waals surface area contributed by atoms with E-state index in [1.165, 1.54) is 0 Å². The zero-order valence-corrected chi connectivity index (χ0v) is 15.5. The van der Waals surface area contributed by atoms with Crippen LogP contribution < -0.4 is 10.1 Å². The van der Waals surface area contributed by atoms with Crippen molar-refractivity contribution in [1.29, 1.82) is 0 Å². The molecule has 2 aromatic carbocycles. The number of hydrogen-bond donors (Lipinski definition) is 1. The van der Waals surface area contributed by atoms with Gasteiger partial charge in [0, 0.05) is 11.3 Å². The average Bonchev–Trinajstić information content (AvgIpc) is 2.67. The molecule has 0 saturated heterocycles. The molecule has 0 aliphatic rings. The van der Waals surface area contributed by atoms with Crippen LogP contribution in [0, 0.1) is 0 Å². The van der Waals surface area contributed by atoms with Crippen LogP contribution in [0.4, 0.5) is 5.69 Å². The fourth-order valence-electron chi connectivity index (χ4n) is 2.33. The van der Waals surface area contributed by atoms with E-state index in [1.807, 2.05) is 45.0 Å². The van der Waals surface area contributed by atoms with E-state index in [2.05, 4.69) is 5.32 Å². The van der Waals surface area contributed by atoms with Crippen molar-refractivity contribution >= 4 is 17.6 Å². The Morgan fingerprint density at radius 3 is 2.38 bits per heavy atom. The highest BCUT2D eigenvalue weighted by molar-refractivity contribution is 6.04. The van der Waals surface area contributed by atoms with Gasteiger partial charge in [-0.2, -0.15) is 0 Å². The molecule has 0 unspecified atom stereocenters. The van der Waals surface area contributed by atoms with Gasteiger partial charge in [0.1, 0.15) is 5.75 Å². The van der Waals surface area contributed by atoms with Gasteiger partial charge < -0.3 is 14.8 Å². The Bertz CT molecular complexity index is 740. The summed E-state index contributed by atoms with van der Waals surface area (Å²) in [7, 11) is 0. The fraction of sp³-hybridized carbons (Fsp3) is 0.333. The molecular formula is C21H25NO4. The van der Waals surface area contributed by atoms with Gasteiger partial charge in [-0.25, -0.2) is 4.79 Å². The molecule has 0 saturated carbocycles. The lowest BCUT2D eigenvalue weighted by atomic mass is 10.1. The van der Waals surface area contributed by atoms with E-state index >= 15 is 0 Å². The highest BCUT2D eigenvalue weighted by atomic mass is 16.6. The molecule has 26 heavy (non-hydrogen) atoms. The van der Waals surface area contributed by atoms with Crippen LogP contribution in [0.15, 0.2) is 48.5 Å². The molecule has 0 fully saturated rings. The number of esters is 1. The van der Waals surface area contributed by atoms with Crippen molar-refractivity contribution in [3.05, 3.63) is 59.7 Å². The lowest BCUT2D eigenvalue weighted by molar-refractivity contribution is -0.150. The van der Waals surface area contributed by atoms with Crippen molar-refractivity contribution in [3.63, 3.8) is 0 Å². The summed E-state index contributed by atoms with van der Waals surface area (Å²) in [6, 6.07) is 14.4. The van der Waals surface area contributed by atoms with E-state index in [0.29, 0.717) is 11.3 Å². The topological polar surface area (TPSA) is 64.6 Å². The Balaban J connectivity index is 1.92. The van der Waals surface area contributed by atoms with Crippen molar-refractivity contribution in [3.8, 4) is 5.75 Å². The molecule has 5 heteroatoms. The zero-order valence-electron chi connectivity index (χ0n) is 15.5. The van der Waals surface area contributed by atoms with Crippen LogP contribution in [0.3, 0.4) is 0 Å². The van der Waals surface area contributed by atoms with E-state index in [9.17, 15) is 9.59 Å². The number of rotatable bonds is 8. The van der Waals surface area contributed by atoms with Gasteiger partial charge in [0.15, 0.2) is 6.61 Å². The van der Waals surface area contributed by atoms with Crippen molar-refractivity contribution < 1.29 is 19.1 Å². The number of hydrogen-bond acceptors (Lipinski definition) is 4. The molecule has 0 spiro atoms. The largest absolute Gasteiger partial charge is 0.482 e. The Hall–Kier alpha value is -2.82. The highest BCUT2D eigenvalue weighted by Crippen LogP contribution is 2.18. The van der Waals surface area contributed by atoms with Gasteiger partial charge in [0.2, 0.25) is 0 Å². The molecule has 0 bridgehead atoms. The second kappa shape index (κ2) is 9.61. The minimum Gasteiger partial charge on any atom is -0.482 e. The number of benzene rings is 2. The maximum atomic E-state index is 12.4. The van der Waals surface area contributed by atoms with Gasteiger partial charge >= 0.3 is 5.97 Å². The third kappa shape index (κ3) is 5.62. The summed E-state index contributed by atoms with van der Waals surface area (Å²) in [6.45, 7) is 5.67. The molecule has 0 aliphatic carbocycles. The van der Waals surface area contributed by atoms with Crippen LogP contribution in [0.2, 0.25) is 0 Å². The van der Waals surface area contributed by atoms with Gasteiger partial charge in [0.25, 0.3) is 5.91 Å². The molecule has 1 amide bonds. The standard InChI is InChI=1S/C21H25NO4/c1-4-15(3)26-20(23)14-25-18-12-10-17(11-13-18)21(24)22-19-9-7-6-8-16(19)5-2/h6-13,15H,4-5,14H2,1-3H3,(H,22,24)/t15-/m0/s1. The van der Waals surface area contributed by atoms with Crippen LogP contribution in [-0.2, 0) is 16.0 Å². The number of aryl methyl sites for hydroxylation is 1. The first-order valence-corrected chi connectivity index (χ1v) is 8.85. The monoisotopic (exact) mass is 355 g/mol. The third-order valence-electron chi connectivity index (χ3n) is 4.03. The Morgan fingerprint density at radius 1 is 1.04 bits per heavy atom. The van der Waals surface area contributed by atoms with Crippen molar-refractivity contribution in [1.82, 2.24) is 0 Å². The summed E-state index contributed by atoms with van der Waals surface area (Å²) in [5, 5.41) is 2.92. The molecule has 0 aliphatic heterocycles. The summed E-state index contributed by atoms with van der Waals surface area (Å²) in [5.41, 5.74) is 2.42. The number of anilines is 1. The van der Waals surface area contributed by atoms with Gasteiger partial charge in [-0.05, 0) is 55.7 Å². The summed E-state index contributed by atoms with van der Waals surface area (Å²) in [5.74, 6) is -0.0809. The first-order chi connectivity index (χ1) is 12.5. The molecule has 0 aromatic heterocycles. The molecule has 0 radical (unpaired) electrons. The quantitative estimate of drug-likeness (QED) is 0.720. The lowest BCUT2D eigenvalue weighted by Crippen LogP contribution is -2.20. The Morgan fingerprint density at radius 2 is 1.73 bits per heavy atom. The third-order valence-corrected chi connectivity index (χ3v) is 4.03. The smallest absolute Gasteiger partial charge is 0.344 e. The second-order valence-electron chi connectivity index (χ2n) is 5.99. The highest BCUT2D eigenvalue weighted by Gasteiger charge is 2.10.